The molecule has 1 aromatic heterocycles. The van der Waals surface area contributed by atoms with Crippen LogP contribution in [0.2, 0.25) is 0 Å². The van der Waals surface area contributed by atoms with Gasteiger partial charge in [0.2, 0.25) is 11.7 Å². The zero-order chi connectivity index (χ0) is 12.8. The maximum atomic E-state index is 9.16. The van der Waals surface area contributed by atoms with Crippen molar-refractivity contribution in [1.29, 1.82) is 0 Å². The van der Waals surface area contributed by atoms with Crippen molar-refractivity contribution < 1.29 is 14.4 Å². The number of aromatic nitrogens is 2. The van der Waals surface area contributed by atoms with Gasteiger partial charge in [-0.25, -0.2) is 0 Å². The Morgan fingerprint density at radius 2 is 2.17 bits per heavy atom. The van der Waals surface area contributed by atoms with Gasteiger partial charge in [-0.15, -0.1) is 0 Å². The Morgan fingerprint density at radius 3 is 2.94 bits per heavy atom. The largest absolute Gasteiger partial charge is 0.485 e. The molecule has 5 heteroatoms. The predicted molar refractivity (Wildman–Crippen MR) is 65.0 cm³/mol. The van der Waals surface area contributed by atoms with Gasteiger partial charge in [0.1, 0.15) is 5.75 Å². The average Bonchev–Trinajstić information content (AvgIpc) is 2.85. The molecule has 0 atom stereocenters. The van der Waals surface area contributed by atoms with Gasteiger partial charge in [-0.1, -0.05) is 30.3 Å². The Hall–Kier alpha value is -1.88. The molecule has 2 rings (SSSR count). The van der Waals surface area contributed by atoms with Crippen molar-refractivity contribution in [3.05, 3.63) is 41.5 Å². The molecule has 0 aliphatic rings. The quantitative estimate of drug-likeness (QED) is 0.847. The van der Waals surface area contributed by atoms with Crippen LogP contribution < -0.4 is 4.74 Å². The van der Waals surface area contributed by atoms with Crippen LogP contribution in [0.5, 0.6) is 5.75 Å². The normalized spacial score (nSPS) is 10.6. The molecule has 96 valence electrons. The second kappa shape index (κ2) is 6.16. The second-order valence-electron chi connectivity index (χ2n) is 3.91. The van der Waals surface area contributed by atoms with Crippen LogP contribution >= 0.6 is 0 Å². The summed E-state index contributed by atoms with van der Waals surface area (Å²) in [7, 11) is 0. The SMILES string of the molecule is CCCc1nc(COc2ccccc2CO)no1. The molecule has 0 saturated heterocycles. The summed E-state index contributed by atoms with van der Waals surface area (Å²) in [5.74, 6) is 1.79. The lowest BCUT2D eigenvalue weighted by Gasteiger charge is -2.07. The number of nitrogens with zero attached hydrogens (tertiary/aromatic N) is 2. The molecule has 1 heterocycles. The van der Waals surface area contributed by atoms with Gasteiger partial charge in [-0.2, -0.15) is 4.98 Å². The van der Waals surface area contributed by atoms with Gasteiger partial charge in [0.05, 0.1) is 6.61 Å². The third kappa shape index (κ3) is 3.07. The van der Waals surface area contributed by atoms with Gasteiger partial charge in [0, 0.05) is 12.0 Å². The molecule has 0 fully saturated rings. The molecule has 1 aromatic carbocycles. The molecule has 0 saturated carbocycles. The molecule has 1 N–H and O–H groups in total. The first-order valence-electron chi connectivity index (χ1n) is 5.96. The van der Waals surface area contributed by atoms with E-state index in [4.69, 9.17) is 14.4 Å². The topological polar surface area (TPSA) is 68.4 Å². The Labute approximate surface area is 105 Å². The number of hydrogen-bond acceptors (Lipinski definition) is 5. The number of benzene rings is 1. The third-order valence-corrected chi connectivity index (χ3v) is 2.47. The molecular weight excluding hydrogens is 232 g/mol. The summed E-state index contributed by atoms with van der Waals surface area (Å²) in [5, 5.41) is 13.0. The monoisotopic (exact) mass is 248 g/mol. The van der Waals surface area contributed by atoms with Gasteiger partial charge in [0.25, 0.3) is 0 Å². The highest BCUT2D eigenvalue weighted by molar-refractivity contribution is 5.32. The fraction of sp³-hybridized carbons (Fsp3) is 0.385. The van der Waals surface area contributed by atoms with E-state index >= 15 is 0 Å². The van der Waals surface area contributed by atoms with Gasteiger partial charge in [-0.05, 0) is 12.5 Å². The first-order valence-corrected chi connectivity index (χ1v) is 5.96. The third-order valence-electron chi connectivity index (χ3n) is 2.47. The molecule has 0 unspecified atom stereocenters. The molecule has 0 amide bonds. The summed E-state index contributed by atoms with van der Waals surface area (Å²) >= 11 is 0. The first-order chi connectivity index (χ1) is 8.83. The lowest BCUT2D eigenvalue weighted by atomic mass is 10.2. The number of para-hydroxylation sites is 1. The zero-order valence-corrected chi connectivity index (χ0v) is 10.3. The summed E-state index contributed by atoms with van der Waals surface area (Å²) in [6, 6.07) is 7.33. The minimum Gasteiger partial charge on any atom is -0.485 e. The summed E-state index contributed by atoms with van der Waals surface area (Å²) < 4.78 is 10.6. The van der Waals surface area contributed by atoms with Crippen molar-refractivity contribution in [2.75, 3.05) is 0 Å². The van der Waals surface area contributed by atoms with E-state index in [-0.39, 0.29) is 13.2 Å². The van der Waals surface area contributed by atoms with E-state index in [1.807, 2.05) is 18.2 Å². The first kappa shape index (κ1) is 12.6. The van der Waals surface area contributed by atoms with E-state index in [1.54, 1.807) is 6.07 Å². The summed E-state index contributed by atoms with van der Waals surface area (Å²) in [4.78, 5) is 4.21. The summed E-state index contributed by atoms with van der Waals surface area (Å²) in [5.41, 5.74) is 0.745. The summed E-state index contributed by atoms with van der Waals surface area (Å²) in [6.45, 7) is 2.24. The number of ether oxygens (including phenoxy) is 1. The van der Waals surface area contributed by atoms with Crippen LogP contribution in [0.4, 0.5) is 0 Å². The van der Waals surface area contributed by atoms with Crippen molar-refractivity contribution in [1.82, 2.24) is 10.1 Å². The van der Waals surface area contributed by atoms with Crippen molar-refractivity contribution >= 4 is 0 Å². The number of hydrogen-bond donors (Lipinski definition) is 1. The highest BCUT2D eigenvalue weighted by atomic mass is 16.5. The maximum absolute atomic E-state index is 9.16. The van der Waals surface area contributed by atoms with E-state index < -0.39 is 0 Å². The molecule has 0 spiro atoms. The van der Waals surface area contributed by atoms with Gasteiger partial charge < -0.3 is 14.4 Å². The van der Waals surface area contributed by atoms with Crippen molar-refractivity contribution in [2.45, 2.75) is 33.0 Å². The molecule has 0 bridgehead atoms. The lowest BCUT2D eigenvalue weighted by molar-refractivity contribution is 0.253. The fourth-order valence-electron chi connectivity index (χ4n) is 1.58. The highest BCUT2D eigenvalue weighted by Gasteiger charge is 2.07. The Bertz CT molecular complexity index is 496. The molecule has 5 nitrogen and oxygen atoms in total. The van der Waals surface area contributed by atoms with E-state index in [0.717, 1.165) is 18.4 Å². The second-order valence-corrected chi connectivity index (χ2v) is 3.91. The smallest absolute Gasteiger partial charge is 0.226 e. The van der Waals surface area contributed by atoms with Gasteiger partial charge in [0.15, 0.2) is 6.61 Å². The minimum absolute atomic E-state index is 0.0521. The van der Waals surface area contributed by atoms with Crippen molar-refractivity contribution in [3.63, 3.8) is 0 Å². The molecule has 18 heavy (non-hydrogen) atoms. The van der Waals surface area contributed by atoms with E-state index in [1.165, 1.54) is 0 Å². The lowest BCUT2D eigenvalue weighted by Crippen LogP contribution is -2.00. The zero-order valence-electron chi connectivity index (χ0n) is 10.3. The highest BCUT2D eigenvalue weighted by Crippen LogP contribution is 2.18. The Balaban J connectivity index is 1.97. The van der Waals surface area contributed by atoms with Crippen molar-refractivity contribution in [3.8, 4) is 5.75 Å². The molecule has 0 aliphatic heterocycles. The van der Waals surface area contributed by atoms with E-state index in [2.05, 4.69) is 17.1 Å². The molecule has 0 aliphatic carbocycles. The standard InChI is InChI=1S/C13H16N2O3/c1-2-5-13-14-12(15-18-13)9-17-11-7-4-3-6-10(11)8-16/h3-4,6-7,16H,2,5,8-9H2,1H3. The maximum Gasteiger partial charge on any atom is 0.226 e. The molecular formula is C13H16N2O3. The van der Waals surface area contributed by atoms with Crippen LogP contribution in [0, 0.1) is 0 Å². The predicted octanol–water partition coefficient (Wildman–Crippen LogP) is 2.09. The van der Waals surface area contributed by atoms with Gasteiger partial charge >= 0.3 is 0 Å². The van der Waals surface area contributed by atoms with E-state index in [0.29, 0.717) is 17.5 Å². The number of aryl methyl sites for hydroxylation is 1. The number of rotatable bonds is 6. The van der Waals surface area contributed by atoms with Crippen LogP contribution in [0.25, 0.3) is 0 Å². The number of aliphatic hydroxyl groups excluding tert-OH is 1. The minimum atomic E-state index is -0.0521. The average molecular weight is 248 g/mol. The van der Waals surface area contributed by atoms with Crippen LogP contribution in [-0.4, -0.2) is 15.2 Å². The fourth-order valence-corrected chi connectivity index (χ4v) is 1.58. The molecule has 0 radical (unpaired) electrons. The Kier molecular flexibility index (Phi) is 4.30. The van der Waals surface area contributed by atoms with Crippen molar-refractivity contribution in [2.24, 2.45) is 0 Å². The van der Waals surface area contributed by atoms with Crippen LogP contribution in [0.15, 0.2) is 28.8 Å². The van der Waals surface area contributed by atoms with Crippen LogP contribution in [-0.2, 0) is 19.6 Å². The molecule has 2 aromatic rings. The Morgan fingerprint density at radius 1 is 1.33 bits per heavy atom. The summed E-state index contributed by atoms with van der Waals surface area (Å²) in [6.07, 6.45) is 1.75. The van der Waals surface area contributed by atoms with Gasteiger partial charge in [-0.3, -0.25) is 0 Å². The van der Waals surface area contributed by atoms with Crippen LogP contribution in [0.3, 0.4) is 0 Å². The van der Waals surface area contributed by atoms with E-state index in [9.17, 15) is 0 Å². The van der Waals surface area contributed by atoms with Crippen LogP contribution in [0.1, 0.15) is 30.6 Å². The number of aliphatic hydroxyl groups is 1.